The van der Waals surface area contributed by atoms with Crippen molar-refractivity contribution in [1.29, 1.82) is 0 Å². The Kier molecular flexibility index (Phi) is 3.19. The van der Waals surface area contributed by atoms with Gasteiger partial charge in [-0.2, -0.15) is 0 Å². The molecule has 0 amide bonds. The van der Waals surface area contributed by atoms with Gasteiger partial charge in [0.25, 0.3) is 0 Å². The molecule has 3 N–H and O–H groups in total. The van der Waals surface area contributed by atoms with Crippen LogP contribution in [0.5, 0.6) is 11.5 Å². The highest BCUT2D eigenvalue weighted by molar-refractivity contribution is 5.94. The van der Waals surface area contributed by atoms with Crippen LogP contribution >= 0.6 is 0 Å². The summed E-state index contributed by atoms with van der Waals surface area (Å²) in [6.45, 7) is 3.59. The standard InChI is InChI=1S/C11H14O4/c1-3-4-7-5-8(12)10(13)9(6(7)2)11(14)15/h5,12-13H,3-4H2,1-2H3,(H,14,15). The largest absolute Gasteiger partial charge is 0.504 e. The molecule has 0 fully saturated rings. The monoisotopic (exact) mass is 210 g/mol. The van der Waals surface area contributed by atoms with Crippen molar-refractivity contribution in [1.82, 2.24) is 0 Å². The molecular formula is C11H14O4. The Labute approximate surface area is 87.8 Å². The van der Waals surface area contributed by atoms with Crippen molar-refractivity contribution in [3.05, 3.63) is 22.8 Å². The van der Waals surface area contributed by atoms with Crippen LogP contribution in [-0.2, 0) is 6.42 Å². The Balaban J connectivity index is 3.42. The molecule has 0 aliphatic rings. The van der Waals surface area contributed by atoms with E-state index in [0.717, 1.165) is 12.0 Å². The third kappa shape index (κ3) is 2.03. The first-order valence-electron chi connectivity index (χ1n) is 4.76. The van der Waals surface area contributed by atoms with Gasteiger partial charge in [-0.05, 0) is 30.5 Å². The molecule has 0 unspecified atom stereocenters. The number of aromatic hydroxyl groups is 2. The van der Waals surface area contributed by atoms with Crippen molar-refractivity contribution >= 4 is 5.97 Å². The lowest BCUT2D eigenvalue weighted by atomic mass is 9.97. The van der Waals surface area contributed by atoms with E-state index in [9.17, 15) is 15.0 Å². The molecule has 0 saturated carbocycles. The Hall–Kier alpha value is -1.71. The second-order valence-electron chi connectivity index (χ2n) is 3.46. The lowest BCUT2D eigenvalue weighted by Gasteiger charge is -2.11. The molecule has 0 spiro atoms. The van der Waals surface area contributed by atoms with Crippen LogP contribution in [0.2, 0.25) is 0 Å². The third-order valence-corrected chi connectivity index (χ3v) is 2.38. The molecule has 0 aliphatic carbocycles. The first kappa shape index (κ1) is 11.4. The van der Waals surface area contributed by atoms with Crippen molar-refractivity contribution in [3.8, 4) is 11.5 Å². The summed E-state index contributed by atoms with van der Waals surface area (Å²) in [4.78, 5) is 10.9. The molecule has 1 aromatic carbocycles. The zero-order chi connectivity index (χ0) is 11.6. The van der Waals surface area contributed by atoms with E-state index < -0.39 is 11.7 Å². The van der Waals surface area contributed by atoms with Crippen LogP contribution in [0.15, 0.2) is 6.07 Å². The van der Waals surface area contributed by atoms with Crippen molar-refractivity contribution in [2.75, 3.05) is 0 Å². The van der Waals surface area contributed by atoms with Crippen molar-refractivity contribution in [2.24, 2.45) is 0 Å². The Bertz CT molecular complexity index is 396. The van der Waals surface area contributed by atoms with Crippen molar-refractivity contribution in [2.45, 2.75) is 26.7 Å². The third-order valence-electron chi connectivity index (χ3n) is 2.38. The fourth-order valence-corrected chi connectivity index (χ4v) is 1.60. The number of carboxylic acids is 1. The van der Waals surface area contributed by atoms with E-state index in [1.165, 1.54) is 6.07 Å². The first-order valence-corrected chi connectivity index (χ1v) is 4.76. The average molecular weight is 210 g/mol. The number of benzene rings is 1. The zero-order valence-corrected chi connectivity index (χ0v) is 8.74. The van der Waals surface area contributed by atoms with Gasteiger partial charge in [0.1, 0.15) is 5.56 Å². The molecule has 4 nitrogen and oxygen atoms in total. The van der Waals surface area contributed by atoms with Crippen LogP contribution in [0.4, 0.5) is 0 Å². The van der Waals surface area contributed by atoms with Gasteiger partial charge >= 0.3 is 5.97 Å². The van der Waals surface area contributed by atoms with E-state index in [0.29, 0.717) is 12.0 Å². The van der Waals surface area contributed by atoms with Gasteiger partial charge < -0.3 is 15.3 Å². The molecule has 0 aliphatic heterocycles. The average Bonchev–Trinajstić information content (AvgIpc) is 2.14. The Morgan fingerprint density at radius 3 is 2.47 bits per heavy atom. The fourth-order valence-electron chi connectivity index (χ4n) is 1.60. The Morgan fingerprint density at radius 1 is 1.40 bits per heavy atom. The summed E-state index contributed by atoms with van der Waals surface area (Å²) in [5.74, 6) is -2.15. The number of rotatable bonds is 3. The van der Waals surface area contributed by atoms with E-state index in [4.69, 9.17) is 5.11 Å². The highest BCUT2D eigenvalue weighted by Gasteiger charge is 2.19. The summed E-state index contributed by atoms with van der Waals surface area (Å²) in [6.07, 6.45) is 1.53. The molecule has 4 heteroatoms. The number of hydrogen-bond acceptors (Lipinski definition) is 3. The maximum atomic E-state index is 10.9. The number of phenols is 2. The lowest BCUT2D eigenvalue weighted by Crippen LogP contribution is -2.03. The van der Waals surface area contributed by atoms with Gasteiger partial charge in [-0.1, -0.05) is 13.3 Å². The molecule has 0 bridgehead atoms. The summed E-state index contributed by atoms with van der Waals surface area (Å²) in [5.41, 5.74) is 1.06. The van der Waals surface area contributed by atoms with Crippen molar-refractivity contribution < 1.29 is 20.1 Å². The number of aromatic carboxylic acids is 1. The summed E-state index contributed by atoms with van der Waals surface area (Å²) < 4.78 is 0. The molecular weight excluding hydrogens is 196 g/mol. The molecule has 1 aromatic rings. The molecule has 0 radical (unpaired) electrons. The second-order valence-corrected chi connectivity index (χ2v) is 3.46. The predicted octanol–water partition coefficient (Wildman–Crippen LogP) is 2.06. The van der Waals surface area contributed by atoms with E-state index in [1.54, 1.807) is 6.92 Å². The van der Waals surface area contributed by atoms with Gasteiger partial charge in [0.2, 0.25) is 0 Å². The molecule has 15 heavy (non-hydrogen) atoms. The van der Waals surface area contributed by atoms with Gasteiger partial charge in [0.15, 0.2) is 11.5 Å². The molecule has 0 aromatic heterocycles. The molecule has 0 heterocycles. The minimum atomic E-state index is -1.22. The predicted molar refractivity (Wildman–Crippen MR) is 55.5 cm³/mol. The number of aryl methyl sites for hydroxylation is 1. The maximum Gasteiger partial charge on any atom is 0.339 e. The normalized spacial score (nSPS) is 10.3. The summed E-state index contributed by atoms with van der Waals surface area (Å²) in [7, 11) is 0. The topological polar surface area (TPSA) is 77.8 Å². The molecule has 82 valence electrons. The minimum Gasteiger partial charge on any atom is -0.504 e. The Morgan fingerprint density at radius 2 is 2.00 bits per heavy atom. The minimum absolute atomic E-state index is 0.210. The van der Waals surface area contributed by atoms with Crippen LogP contribution in [0, 0.1) is 6.92 Å². The van der Waals surface area contributed by atoms with Gasteiger partial charge in [-0.15, -0.1) is 0 Å². The summed E-state index contributed by atoms with van der Waals surface area (Å²) in [6, 6.07) is 1.42. The lowest BCUT2D eigenvalue weighted by molar-refractivity contribution is 0.0692. The quantitative estimate of drug-likeness (QED) is 0.667. The van der Waals surface area contributed by atoms with Gasteiger partial charge in [-0.3, -0.25) is 0 Å². The van der Waals surface area contributed by atoms with E-state index in [-0.39, 0.29) is 11.3 Å². The highest BCUT2D eigenvalue weighted by atomic mass is 16.4. The zero-order valence-electron chi connectivity index (χ0n) is 8.74. The maximum absolute atomic E-state index is 10.9. The number of carboxylic acid groups (broad SMARTS) is 1. The number of phenolic OH excluding ortho intramolecular Hbond substituents is 1. The van der Waals surface area contributed by atoms with E-state index in [1.807, 2.05) is 6.92 Å². The van der Waals surface area contributed by atoms with Gasteiger partial charge in [-0.25, -0.2) is 4.79 Å². The summed E-state index contributed by atoms with van der Waals surface area (Å²) in [5, 5.41) is 27.7. The molecule has 1 rings (SSSR count). The van der Waals surface area contributed by atoms with Crippen LogP contribution in [-0.4, -0.2) is 21.3 Å². The molecule has 0 saturated heterocycles. The SMILES string of the molecule is CCCc1cc(O)c(O)c(C(=O)O)c1C. The number of hydrogen-bond donors (Lipinski definition) is 3. The van der Waals surface area contributed by atoms with Crippen LogP contribution in [0.1, 0.15) is 34.8 Å². The molecule has 0 atom stereocenters. The van der Waals surface area contributed by atoms with Gasteiger partial charge in [0, 0.05) is 0 Å². The summed E-state index contributed by atoms with van der Waals surface area (Å²) >= 11 is 0. The second kappa shape index (κ2) is 4.21. The van der Waals surface area contributed by atoms with Crippen LogP contribution < -0.4 is 0 Å². The van der Waals surface area contributed by atoms with E-state index >= 15 is 0 Å². The smallest absolute Gasteiger partial charge is 0.339 e. The highest BCUT2D eigenvalue weighted by Crippen LogP contribution is 2.34. The van der Waals surface area contributed by atoms with Crippen LogP contribution in [0.25, 0.3) is 0 Å². The fraction of sp³-hybridized carbons (Fsp3) is 0.364. The van der Waals surface area contributed by atoms with E-state index in [2.05, 4.69) is 0 Å². The number of carbonyl (C=O) groups is 1. The van der Waals surface area contributed by atoms with Crippen LogP contribution in [0.3, 0.4) is 0 Å². The van der Waals surface area contributed by atoms with Crippen molar-refractivity contribution in [3.63, 3.8) is 0 Å². The van der Waals surface area contributed by atoms with Gasteiger partial charge in [0.05, 0.1) is 0 Å². The first-order chi connectivity index (χ1) is 6.99.